The van der Waals surface area contributed by atoms with Crippen molar-refractivity contribution in [3.8, 4) is 16.9 Å². The molecule has 0 amide bonds. The van der Waals surface area contributed by atoms with Crippen LogP contribution in [0.4, 0.5) is 5.95 Å². The van der Waals surface area contributed by atoms with Gasteiger partial charge in [0.15, 0.2) is 0 Å². The van der Waals surface area contributed by atoms with Crippen molar-refractivity contribution in [1.29, 1.82) is 0 Å². The van der Waals surface area contributed by atoms with Crippen LogP contribution in [-0.2, 0) is 10.0 Å². The van der Waals surface area contributed by atoms with Crippen LogP contribution in [0.5, 0.6) is 5.75 Å². The zero-order valence-electron chi connectivity index (χ0n) is 16.8. The Morgan fingerprint density at radius 1 is 1.24 bits per heavy atom. The number of nitrogens with one attached hydrogen (secondary N) is 2. The Morgan fingerprint density at radius 2 is 2.00 bits per heavy atom. The van der Waals surface area contributed by atoms with Crippen LogP contribution in [0, 0.1) is 6.92 Å². The molecule has 4 rings (SSSR count). The molecule has 0 atom stereocenters. The summed E-state index contributed by atoms with van der Waals surface area (Å²) in [4.78, 5) is 12.3. The largest absolute Gasteiger partial charge is 0.497 e. The molecule has 0 aliphatic carbocycles. The minimum absolute atomic E-state index is 0.156. The number of H-pyrrole nitrogens is 1. The number of aromatic nitrogens is 3. The molecule has 0 unspecified atom stereocenters. The van der Waals surface area contributed by atoms with Gasteiger partial charge >= 0.3 is 0 Å². The lowest BCUT2D eigenvalue weighted by Gasteiger charge is -2.30. The summed E-state index contributed by atoms with van der Waals surface area (Å²) in [6, 6.07) is 6.15. The van der Waals surface area contributed by atoms with Gasteiger partial charge in [-0.25, -0.2) is 17.7 Å². The van der Waals surface area contributed by atoms with Crippen molar-refractivity contribution in [3.05, 3.63) is 36.2 Å². The van der Waals surface area contributed by atoms with Crippen LogP contribution in [0.1, 0.15) is 18.4 Å². The molecular formula is C20H25N5O3S. The highest BCUT2D eigenvalue weighted by Gasteiger charge is 2.25. The fourth-order valence-electron chi connectivity index (χ4n) is 3.78. The van der Waals surface area contributed by atoms with Crippen LogP contribution in [0.3, 0.4) is 0 Å². The van der Waals surface area contributed by atoms with Gasteiger partial charge in [-0.3, -0.25) is 0 Å². The van der Waals surface area contributed by atoms with Crippen LogP contribution in [0.15, 0.2) is 30.6 Å². The van der Waals surface area contributed by atoms with E-state index in [4.69, 9.17) is 4.74 Å². The summed E-state index contributed by atoms with van der Waals surface area (Å²) in [7, 11) is -1.46. The topological polar surface area (TPSA) is 100 Å². The lowest BCUT2D eigenvalue weighted by atomic mass is 10.0. The number of nitrogens with zero attached hydrogens (tertiary/aromatic N) is 3. The molecule has 3 heterocycles. The minimum Gasteiger partial charge on any atom is -0.497 e. The minimum atomic E-state index is -3.12. The smallest absolute Gasteiger partial charge is 0.224 e. The predicted molar refractivity (Wildman–Crippen MR) is 114 cm³/mol. The number of piperidine rings is 1. The van der Waals surface area contributed by atoms with Crippen molar-refractivity contribution in [1.82, 2.24) is 19.3 Å². The Kier molecular flexibility index (Phi) is 5.18. The molecule has 154 valence electrons. The molecule has 1 saturated heterocycles. The molecule has 1 aromatic carbocycles. The maximum Gasteiger partial charge on any atom is 0.224 e. The highest BCUT2D eigenvalue weighted by Crippen LogP contribution is 2.32. The Balaban J connectivity index is 1.52. The Hall–Kier alpha value is -2.65. The number of hydrogen-bond acceptors (Lipinski definition) is 6. The Labute approximate surface area is 170 Å². The van der Waals surface area contributed by atoms with E-state index in [1.54, 1.807) is 7.11 Å². The third kappa shape index (κ3) is 4.06. The van der Waals surface area contributed by atoms with E-state index in [1.165, 1.54) is 10.6 Å². The molecule has 2 aromatic heterocycles. The van der Waals surface area contributed by atoms with E-state index in [-0.39, 0.29) is 6.04 Å². The molecule has 0 bridgehead atoms. The van der Waals surface area contributed by atoms with Crippen molar-refractivity contribution in [2.75, 3.05) is 31.8 Å². The predicted octanol–water partition coefficient (Wildman–Crippen LogP) is 2.78. The van der Waals surface area contributed by atoms with E-state index < -0.39 is 10.0 Å². The average Bonchev–Trinajstić information content (AvgIpc) is 3.10. The molecule has 1 aliphatic rings. The summed E-state index contributed by atoms with van der Waals surface area (Å²) < 4.78 is 30.1. The number of hydrogen-bond donors (Lipinski definition) is 2. The number of ether oxygens (including phenoxy) is 1. The second kappa shape index (κ2) is 7.64. The molecule has 3 aromatic rings. The molecule has 9 heteroatoms. The summed E-state index contributed by atoms with van der Waals surface area (Å²) in [5.41, 5.74) is 4.04. The number of methoxy groups -OCH3 is 1. The molecular weight excluding hydrogens is 390 g/mol. The quantitative estimate of drug-likeness (QED) is 0.665. The maximum absolute atomic E-state index is 11.6. The summed E-state index contributed by atoms with van der Waals surface area (Å²) in [6.45, 7) is 3.08. The van der Waals surface area contributed by atoms with Gasteiger partial charge in [-0.1, -0.05) is 6.07 Å². The van der Waals surface area contributed by atoms with Gasteiger partial charge in [0.25, 0.3) is 0 Å². The SMILES string of the molecule is COc1ccc(-c2c[nH]c3nc(NC4CCN(S(C)(=O)=O)CC4)ncc23)c(C)c1. The highest BCUT2D eigenvalue weighted by molar-refractivity contribution is 7.88. The van der Waals surface area contributed by atoms with Gasteiger partial charge in [-0.05, 0) is 43.0 Å². The summed E-state index contributed by atoms with van der Waals surface area (Å²) in [6.07, 6.45) is 6.49. The van der Waals surface area contributed by atoms with Gasteiger partial charge < -0.3 is 15.0 Å². The first kappa shape index (κ1) is 19.7. The van der Waals surface area contributed by atoms with Crippen molar-refractivity contribution in [3.63, 3.8) is 0 Å². The van der Waals surface area contributed by atoms with Crippen molar-refractivity contribution >= 4 is 27.0 Å². The third-order valence-corrected chi connectivity index (χ3v) is 6.72. The van der Waals surface area contributed by atoms with Crippen LogP contribution in [0.2, 0.25) is 0 Å². The van der Waals surface area contributed by atoms with Gasteiger partial charge in [-0.15, -0.1) is 0 Å². The number of fused-ring (bicyclic) bond motifs is 1. The number of aromatic amines is 1. The van der Waals surface area contributed by atoms with Crippen molar-refractivity contribution < 1.29 is 13.2 Å². The number of sulfonamides is 1. The first-order chi connectivity index (χ1) is 13.8. The van der Waals surface area contributed by atoms with E-state index in [0.29, 0.717) is 19.0 Å². The fraction of sp³-hybridized carbons (Fsp3) is 0.400. The number of rotatable bonds is 5. The molecule has 0 saturated carbocycles. The zero-order valence-corrected chi connectivity index (χ0v) is 17.6. The Bertz CT molecular complexity index is 1130. The van der Waals surface area contributed by atoms with Gasteiger partial charge in [0.1, 0.15) is 11.4 Å². The summed E-state index contributed by atoms with van der Waals surface area (Å²) in [5, 5.41) is 4.29. The zero-order chi connectivity index (χ0) is 20.6. The normalized spacial score (nSPS) is 16.2. The molecule has 1 aliphatic heterocycles. The van der Waals surface area contributed by atoms with E-state index in [1.807, 2.05) is 30.6 Å². The molecule has 0 radical (unpaired) electrons. The number of aryl methyl sites for hydroxylation is 1. The fourth-order valence-corrected chi connectivity index (χ4v) is 4.65. The highest BCUT2D eigenvalue weighted by atomic mass is 32.2. The third-order valence-electron chi connectivity index (χ3n) is 5.41. The first-order valence-corrected chi connectivity index (χ1v) is 11.4. The summed E-state index contributed by atoms with van der Waals surface area (Å²) in [5.74, 6) is 1.38. The van der Waals surface area contributed by atoms with Gasteiger partial charge in [0, 0.05) is 42.5 Å². The molecule has 29 heavy (non-hydrogen) atoms. The van der Waals surface area contributed by atoms with Crippen molar-refractivity contribution in [2.24, 2.45) is 0 Å². The second-order valence-corrected chi connectivity index (χ2v) is 9.40. The van der Waals surface area contributed by atoms with Crippen LogP contribution >= 0.6 is 0 Å². The maximum atomic E-state index is 11.6. The monoisotopic (exact) mass is 415 g/mol. The van der Waals surface area contributed by atoms with E-state index >= 15 is 0 Å². The lowest BCUT2D eigenvalue weighted by molar-refractivity contribution is 0.331. The molecule has 1 fully saturated rings. The van der Waals surface area contributed by atoms with Gasteiger partial charge in [0.2, 0.25) is 16.0 Å². The van der Waals surface area contributed by atoms with E-state index in [9.17, 15) is 8.42 Å². The van der Waals surface area contributed by atoms with E-state index in [0.717, 1.165) is 46.3 Å². The average molecular weight is 416 g/mol. The standard InChI is InChI=1S/C20H25N5O3S/c1-13-10-15(28-2)4-5-16(13)17-11-21-19-18(17)12-22-20(24-19)23-14-6-8-25(9-7-14)29(3,26)27/h4-5,10-12,14H,6-9H2,1-3H3,(H2,21,22,23,24). The molecule has 8 nitrogen and oxygen atoms in total. The lowest BCUT2D eigenvalue weighted by Crippen LogP contribution is -2.42. The Morgan fingerprint density at radius 3 is 2.66 bits per heavy atom. The number of benzene rings is 1. The summed E-state index contributed by atoms with van der Waals surface area (Å²) >= 11 is 0. The van der Waals surface area contributed by atoms with Gasteiger partial charge in [0.05, 0.1) is 13.4 Å². The van der Waals surface area contributed by atoms with Crippen LogP contribution in [-0.4, -0.2) is 60.2 Å². The van der Waals surface area contributed by atoms with E-state index in [2.05, 4.69) is 27.2 Å². The van der Waals surface area contributed by atoms with Gasteiger partial charge in [-0.2, -0.15) is 4.98 Å². The molecule has 0 spiro atoms. The first-order valence-electron chi connectivity index (χ1n) is 9.56. The number of anilines is 1. The van der Waals surface area contributed by atoms with Crippen LogP contribution < -0.4 is 10.1 Å². The second-order valence-electron chi connectivity index (χ2n) is 7.42. The van der Waals surface area contributed by atoms with Crippen molar-refractivity contribution in [2.45, 2.75) is 25.8 Å². The van der Waals surface area contributed by atoms with Crippen LogP contribution in [0.25, 0.3) is 22.2 Å². The molecule has 2 N–H and O–H groups in total.